The quantitative estimate of drug-likeness (QED) is 0.832. The predicted molar refractivity (Wildman–Crippen MR) is 69.3 cm³/mol. The lowest BCUT2D eigenvalue weighted by atomic mass is 10.1. The van der Waals surface area contributed by atoms with Crippen LogP contribution in [0.3, 0.4) is 0 Å². The Hall–Kier alpha value is -1.55. The molecule has 0 amide bonds. The lowest BCUT2D eigenvalue weighted by molar-refractivity contribution is 0.308. The predicted octanol–water partition coefficient (Wildman–Crippen LogP) is 2.15. The van der Waals surface area contributed by atoms with Crippen molar-refractivity contribution in [1.29, 1.82) is 0 Å². The van der Waals surface area contributed by atoms with Crippen molar-refractivity contribution < 1.29 is 5.11 Å². The van der Waals surface area contributed by atoms with E-state index in [2.05, 4.69) is 28.7 Å². The van der Waals surface area contributed by atoms with E-state index in [1.165, 1.54) is 6.20 Å². The van der Waals surface area contributed by atoms with E-state index in [4.69, 9.17) is 0 Å². The van der Waals surface area contributed by atoms with Crippen molar-refractivity contribution in [2.24, 2.45) is 0 Å². The number of aromatic amines is 1. The second-order valence-corrected chi connectivity index (χ2v) is 4.17. The van der Waals surface area contributed by atoms with Crippen molar-refractivity contribution >= 4 is 10.9 Å². The van der Waals surface area contributed by atoms with Crippen LogP contribution in [0, 0.1) is 0 Å². The topological polar surface area (TPSA) is 52.2 Å². The summed E-state index contributed by atoms with van der Waals surface area (Å²) in [5.41, 5.74) is 2.06. The fraction of sp³-hybridized carbons (Fsp3) is 0.462. The molecular formula is C13H19N3O. The fourth-order valence-corrected chi connectivity index (χ4v) is 2.15. The minimum Gasteiger partial charge on any atom is -0.506 e. The van der Waals surface area contributed by atoms with Gasteiger partial charge in [0.25, 0.3) is 0 Å². The number of likely N-dealkylation sites (N-methyl/N-ethyl adjacent to an activating group) is 1. The summed E-state index contributed by atoms with van der Waals surface area (Å²) in [6, 6.07) is 0. The molecule has 0 saturated heterocycles. The molecule has 2 heterocycles. The molecule has 92 valence electrons. The first-order valence-electron chi connectivity index (χ1n) is 6.11. The van der Waals surface area contributed by atoms with Gasteiger partial charge in [0, 0.05) is 18.1 Å². The molecular weight excluding hydrogens is 214 g/mol. The van der Waals surface area contributed by atoms with Gasteiger partial charge in [-0.1, -0.05) is 13.8 Å². The third-order valence-electron chi connectivity index (χ3n) is 3.24. The van der Waals surface area contributed by atoms with Gasteiger partial charge >= 0.3 is 0 Å². The van der Waals surface area contributed by atoms with Gasteiger partial charge in [-0.15, -0.1) is 0 Å². The van der Waals surface area contributed by atoms with Gasteiger partial charge < -0.3 is 15.0 Å². The number of hydrogen-bond acceptors (Lipinski definition) is 3. The van der Waals surface area contributed by atoms with Gasteiger partial charge in [0.05, 0.1) is 17.9 Å². The van der Waals surface area contributed by atoms with Crippen LogP contribution in [0.2, 0.25) is 0 Å². The van der Waals surface area contributed by atoms with Crippen molar-refractivity contribution in [1.82, 2.24) is 14.9 Å². The first-order chi connectivity index (χ1) is 8.26. The van der Waals surface area contributed by atoms with E-state index in [9.17, 15) is 5.11 Å². The van der Waals surface area contributed by atoms with Gasteiger partial charge in [0.2, 0.25) is 0 Å². The Bertz CT molecular complexity index is 488. The molecule has 4 nitrogen and oxygen atoms in total. The van der Waals surface area contributed by atoms with E-state index in [1.807, 2.05) is 6.20 Å². The van der Waals surface area contributed by atoms with Crippen LogP contribution >= 0.6 is 0 Å². The third kappa shape index (κ3) is 2.42. The Kier molecular flexibility index (Phi) is 3.64. The van der Waals surface area contributed by atoms with Gasteiger partial charge in [-0.25, -0.2) is 0 Å². The zero-order chi connectivity index (χ0) is 12.3. The van der Waals surface area contributed by atoms with Crippen LogP contribution in [0.4, 0.5) is 0 Å². The normalized spacial score (nSPS) is 11.5. The van der Waals surface area contributed by atoms with E-state index < -0.39 is 0 Å². The van der Waals surface area contributed by atoms with Gasteiger partial charge in [-0.05, 0) is 25.1 Å². The van der Waals surface area contributed by atoms with Crippen LogP contribution < -0.4 is 0 Å². The molecule has 2 aromatic heterocycles. The highest BCUT2D eigenvalue weighted by Gasteiger charge is 2.09. The van der Waals surface area contributed by atoms with Crippen molar-refractivity contribution in [2.75, 3.05) is 19.6 Å². The molecule has 0 bridgehead atoms. The molecule has 2 N–H and O–H groups in total. The minimum atomic E-state index is 0.262. The highest BCUT2D eigenvalue weighted by molar-refractivity contribution is 5.88. The van der Waals surface area contributed by atoms with Crippen molar-refractivity contribution in [3.63, 3.8) is 0 Å². The SMILES string of the molecule is CCN(CC)CCc1c[nH]c2cncc(O)c12. The number of aromatic hydroxyl groups is 1. The molecule has 0 saturated carbocycles. The Labute approximate surface area is 101 Å². The highest BCUT2D eigenvalue weighted by atomic mass is 16.3. The third-order valence-corrected chi connectivity index (χ3v) is 3.24. The number of H-pyrrole nitrogens is 1. The number of aromatic nitrogens is 2. The van der Waals surface area contributed by atoms with Gasteiger partial charge in [-0.2, -0.15) is 0 Å². The molecule has 2 aromatic rings. The zero-order valence-electron chi connectivity index (χ0n) is 10.4. The minimum absolute atomic E-state index is 0.262. The van der Waals surface area contributed by atoms with Crippen LogP contribution in [0.15, 0.2) is 18.6 Å². The molecule has 0 unspecified atom stereocenters. The standard InChI is InChI=1S/C13H19N3O/c1-3-16(4-2)6-5-10-7-15-11-8-14-9-12(17)13(10)11/h7-9,15,17H,3-6H2,1-2H3. The van der Waals surface area contributed by atoms with Crippen LogP contribution in [-0.2, 0) is 6.42 Å². The maximum absolute atomic E-state index is 9.82. The molecule has 0 aliphatic carbocycles. The molecule has 17 heavy (non-hydrogen) atoms. The summed E-state index contributed by atoms with van der Waals surface area (Å²) in [5, 5.41) is 10.7. The average molecular weight is 233 g/mol. The zero-order valence-corrected chi connectivity index (χ0v) is 10.4. The Morgan fingerprint density at radius 1 is 1.29 bits per heavy atom. The summed E-state index contributed by atoms with van der Waals surface area (Å²) in [5.74, 6) is 0.262. The number of nitrogens with one attached hydrogen (secondary N) is 1. The summed E-state index contributed by atoms with van der Waals surface area (Å²) in [6.45, 7) is 7.47. The summed E-state index contributed by atoms with van der Waals surface area (Å²) < 4.78 is 0. The molecule has 0 radical (unpaired) electrons. The average Bonchev–Trinajstić information content (AvgIpc) is 2.75. The molecule has 0 aromatic carbocycles. The van der Waals surface area contributed by atoms with Gasteiger partial charge in [0.1, 0.15) is 5.75 Å². The Morgan fingerprint density at radius 3 is 2.76 bits per heavy atom. The maximum atomic E-state index is 9.82. The van der Waals surface area contributed by atoms with Crippen LogP contribution in [-0.4, -0.2) is 39.6 Å². The second kappa shape index (κ2) is 5.19. The van der Waals surface area contributed by atoms with E-state index in [0.717, 1.165) is 42.5 Å². The number of hydrogen-bond donors (Lipinski definition) is 2. The van der Waals surface area contributed by atoms with E-state index in [-0.39, 0.29) is 5.75 Å². The monoisotopic (exact) mass is 233 g/mol. The maximum Gasteiger partial charge on any atom is 0.143 e. The van der Waals surface area contributed by atoms with Crippen molar-refractivity contribution in [3.05, 3.63) is 24.2 Å². The smallest absolute Gasteiger partial charge is 0.143 e. The van der Waals surface area contributed by atoms with Crippen LogP contribution in [0.25, 0.3) is 10.9 Å². The molecule has 2 rings (SSSR count). The first kappa shape index (κ1) is 11.9. The lowest BCUT2D eigenvalue weighted by Gasteiger charge is -2.17. The van der Waals surface area contributed by atoms with Gasteiger partial charge in [-0.3, -0.25) is 4.98 Å². The molecule has 0 fully saturated rings. The fourth-order valence-electron chi connectivity index (χ4n) is 2.15. The molecule has 4 heteroatoms. The second-order valence-electron chi connectivity index (χ2n) is 4.17. The first-order valence-corrected chi connectivity index (χ1v) is 6.11. The summed E-state index contributed by atoms with van der Waals surface area (Å²) in [4.78, 5) is 9.48. The van der Waals surface area contributed by atoms with Crippen molar-refractivity contribution in [2.45, 2.75) is 20.3 Å². The highest BCUT2D eigenvalue weighted by Crippen LogP contribution is 2.26. The number of fused-ring (bicyclic) bond motifs is 1. The number of pyridine rings is 1. The number of nitrogens with zero attached hydrogens (tertiary/aromatic N) is 2. The summed E-state index contributed by atoms with van der Waals surface area (Å²) in [6.07, 6.45) is 6.15. The Morgan fingerprint density at radius 2 is 2.06 bits per heavy atom. The van der Waals surface area contributed by atoms with E-state index in [1.54, 1.807) is 6.20 Å². The molecule has 0 aliphatic rings. The number of rotatable bonds is 5. The summed E-state index contributed by atoms with van der Waals surface area (Å²) in [7, 11) is 0. The van der Waals surface area contributed by atoms with Crippen molar-refractivity contribution in [3.8, 4) is 5.75 Å². The van der Waals surface area contributed by atoms with Gasteiger partial charge in [0.15, 0.2) is 0 Å². The molecule has 0 atom stereocenters. The molecule has 0 aliphatic heterocycles. The lowest BCUT2D eigenvalue weighted by Crippen LogP contribution is -2.25. The van der Waals surface area contributed by atoms with Crippen LogP contribution in [0.1, 0.15) is 19.4 Å². The largest absolute Gasteiger partial charge is 0.506 e. The molecule has 0 spiro atoms. The summed E-state index contributed by atoms with van der Waals surface area (Å²) >= 11 is 0. The van der Waals surface area contributed by atoms with E-state index >= 15 is 0 Å². The van der Waals surface area contributed by atoms with E-state index in [0.29, 0.717) is 0 Å². The Balaban J connectivity index is 2.19. The van der Waals surface area contributed by atoms with Crippen LogP contribution in [0.5, 0.6) is 5.75 Å².